The number of nitrogens with one attached hydrogen (secondary N) is 1. The predicted octanol–water partition coefficient (Wildman–Crippen LogP) is 2.85. The number of methoxy groups -OCH3 is 1. The maximum Gasteiger partial charge on any atom is 0.274 e. The molecule has 0 radical (unpaired) electrons. The molecule has 6 nitrogen and oxygen atoms in total. The zero-order valence-corrected chi connectivity index (χ0v) is 13.2. The van der Waals surface area contributed by atoms with Gasteiger partial charge in [-0.2, -0.15) is 0 Å². The molecule has 1 N–H and O–H groups in total. The van der Waals surface area contributed by atoms with Crippen molar-refractivity contribution in [3.05, 3.63) is 42.4 Å². The monoisotopic (exact) mass is 312 g/mol. The van der Waals surface area contributed by atoms with E-state index in [1.54, 1.807) is 13.3 Å². The summed E-state index contributed by atoms with van der Waals surface area (Å²) >= 11 is 0. The quantitative estimate of drug-likeness (QED) is 0.940. The predicted molar refractivity (Wildman–Crippen MR) is 88.1 cm³/mol. The van der Waals surface area contributed by atoms with Crippen molar-refractivity contribution in [2.24, 2.45) is 0 Å². The lowest BCUT2D eigenvalue weighted by atomic mass is 10.1. The molecule has 0 unspecified atom stereocenters. The second kappa shape index (κ2) is 7.09. The van der Waals surface area contributed by atoms with Gasteiger partial charge in [0.15, 0.2) is 0 Å². The van der Waals surface area contributed by atoms with Crippen molar-refractivity contribution in [3.8, 4) is 5.75 Å². The van der Waals surface area contributed by atoms with Crippen molar-refractivity contribution in [3.63, 3.8) is 0 Å². The van der Waals surface area contributed by atoms with Crippen LogP contribution in [0.3, 0.4) is 0 Å². The third-order valence-corrected chi connectivity index (χ3v) is 3.88. The number of amides is 1. The van der Waals surface area contributed by atoms with E-state index in [0.717, 1.165) is 37.4 Å². The zero-order chi connectivity index (χ0) is 16.1. The number of ether oxygens (including phenoxy) is 1. The molecule has 0 saturated carbocycles. The smallest absolute Gasteiger partial charge is 0.274 e. The van der Waals surface area contributed by atoms with Crippen LogP contribution in [-0.2, 0) is 0 Å². The van der Waals surface area contributed by atoms with E-state index in [0.29, 0.717) is 11.5 Å². The Kier molecular flexibility index (Phi) is 4.71. The third kappa shape index (κ3) is 3.77. The molecule has 1 aliphatic rings. The summed E-state index contributed by atoms with van der Waals surface area (Å²) in [6, 6.07) is 7.52. The molecule has 0 aliphatic carbocycles. The summed E-state index contributed by atoms with van der Waals surface area (Å²) in [4.78, 5) is 22.7. The van der Waals surface area contributed by atoms with Gasteiger partial charge in [-0.1, -0.05) is 0 Å². The van der Waals surface area contributed by atoms with E-state index >= 15 is 0 Å². The van der Waals surface area contributed by atoms with Crippen LogP contribution in [0.15, 0.2) is 36.7 Å². The number of likely N-dealkylation sites (tertiary alicyclic amines) is 1. The number of rotatable bonds is 4. The highest BCUT2D eigenvalue weighted by Gasteiger charge is 2.19. The van der Waals surface area contributed by atoms with E-state index in [1.807, 2.05) is 29.2 Å². The molecule has 3 rings (SSSR count). The Bertz CT molecular complexity index is 649. The van der Waals surface area contributed by atoms with Gasteiger partial charge in [-0.25, -0.2) is 9.97 Å². The summed E-state index contributed by atoms with van der Waals surface area (Å²) in [7, 11) is 1.63. The highest BCUT2D eigenvalue weighted by Crippen LogP contribution is 2.18. The molecule has 1 amide bonds. The van der Waals surface area contributed by atoms with E-state index in [4.69, 9.17) is 4.74 Å². The molecule has 23 heavy (non-hydrogen) atoms. The summed E-state index contributed by atoms with van der Waals surface area (Å²) in [6.45, 7) is 1.62. The van der Waals surface area contributed by atoms with Gasteiger partial charge < -0.3 is 15.0 Å². The first-order valence-electron chi connectivity index (χ1n) is 7.78. The molecule has 6 heteroatoms. The Balaban J connectivity index is 1.65. The molecular weight excluding hydrogens is 292 g/mol. The lowest BCUT2D eigenvalue weighted by Crippen LogP contribution is -2.36. The minimum atomic E-state index is -0.0341. The Hall–Kier alpha value is -2.63. The number of piperidine rings is 1. The molecule has 2 heterocycles. The molecule has 2 aromatic rings. The minimum Gasteiger partial charge on any atom is -0.497 e. The molecule has 0 atom stereocenters. The van der Waals surface area contributed by atoms with Gasteiger partial charge in [0.25, 0.3) is 5.91 Å². The number of benzene rings is 1. The first kappa shape index (κ1) is 15.3. The van der Waals surface area contributed by atoms with Gasteiger partial charge in [-0.15, -0.1) is 0 Å². The van der Waals surface area contributed by atoms with Crippen LogP contribution in [0, 0.1) is 0 Å². The Morgan fingerprint density at radius 1 is 1.09 bits per heavy atom. The Labute approximate surface area is 135 Å². The normalized spacial score (nSPS) is 14.4. The number of aromatic nitrogens is 2. The van der Waals surface area contributed by atoms with Crippen LogP contribution in [0.4, 0.5) is 11.5 Å². The lowest BCUT2D eigenvalue weighted by Gasteiger charge is -2.26. The van der Waals surface area contributed by atoms with Gasteiger partial charge in [-0.05, 0) is 43.5 Å². The van der Waals surface area contributed by atoms with Gasteiger partial charge >= 0.3 is 0 Å². The summed E-state index contributed by atoms with van der Waals surface area (Å²) in [5, 5.41) is 3.15. The van der Waals surface area contributed by atoms with Crippen LogP contribution in [0.5, 0.6) is 5.75 Å². The van der Waals surface area contributed by atoms with Crippen LogP contribution in [0.1, 0.15) is 29.8 Å². The van der Waals surface area contributed by atoms with Crippen molar-refractivity contribution in [1.82, 2.24) is 14.9 Å². The van der Waals surface area contributed by atoms with Crippen molar-refractivity contribution >= 4 is 17.4 Å². The highest BCUT2D eigenvalue weighted by atomic mass is 16.5. The number of hydrogen-bond acceptors (Lipinski definition) is 5. The van der Waals surface area contributed by atoms with Crippen LogP contribution >= 0.6 is 0 Å². The van der Waals surface area contributed by atoms with E-state index in [-0.39, 0.29) is 5.91 Å². The fourth-order valence-corrected chi connectivity index (χ4v) is 2.58. The standard InChI is InChI=1S/C17H20N4O2/c1-23-14-7-5-13(6-8-14)20-16-12-18-15(11-19-16)17(22)21-9-3-2-4-10-21/h5-8,11-12H,2-4,9-10H2,1H3,(H,19,20). The molecule has 0 spiro atoms. The maximum absolute atomic E-state index is 12.3. The lowest BCUT2D eigenvalue weighted by molar-refractivity contribution is 0.0718. The number of nitrogens with zero attached hydrogens (tertiary/aromatic N) is 3. The van der Waals surface area contributed by atoms with Crippen molar-refractivity contribution in [2.45, 2.75) is 19.3 Å². The summed E-state index contributed by atoms with van der Waals surface area (Å²) < 4.78 is 5.12. The fourth-order valence-electron chi connectivity index (χ4n) is 2.58. The fraction of sp³-hybridized carbons (Fsp3) is 0.353. The Morgan fingerprint density at radius 3 is 2.43 bits per heavy atom. The molecule has 1 aromatic carbocycles. The van der Waals surface area contributed by atoms with E-state index < -0.39 is 0 Å². The first-order valence-corrected chi connectivity index (χ1v) is 7.78. The average Bonchev–Trinajstić information content (AvgIpc) is 2.63. The van der Waals surface area contributed by atoms with Crippen LogP contribution in [-0.4, -0.2) is 41.0 Å². The molecule has 1 aromatic heterocycles. The Morgan fingerprint density at radius 2 is 1.83 bits per heavy atom. The molecule has 1 saturated heterocycles. The second-order valence-electron chi connectivity index (χ2n) is 5.49. The topological polar surface area (TPSA) is 67.3 Å². The highest BCUT2D eigenvalue weighted by molar-refractivity contribution is 5.92. The third-order valence-electron chi connectivity index (χ3n) is 3.88. The second-order valence-corrected chi connectivity index (χ2v) is 5.49. The van der Waals surface area contributed by atoms with E-state index in [2.05, 4.69) is 15.3 Å². The van der Waals surface area contributed by atoms with Crippen molar-refractivity contribution < 1.29 is 9.53 Å². The molecule has 120 valence electrons. The van der Waals surface area contributed by atoms with Crippen LogP contribution < -0.4 is 10.1 Å². The molecule has 1 fully saturated rings. The van der Waals surface area contributed by atoms with Gasteiger partial charge in [-0.3, -0.25) is 4.79 Å². The summed E-state index contributed by atoms with van der Waals surface area (Å²) in [5.74, 6) is 1.36. The average molecular weight is 312 g/mol. The zero-order valence-electron chi connectivity index (χ0n) is 13.2. The number of anilines is 2. The van der Waals surface area contributed by atoms with Gasteiger partial charge in [0.05, 0.1) is 19.5 Å². The number of carbonyl (C=O) groups excluding carboxylic acids is 1. The first-order chi connectivity index (χ1) is 11.3. The molecule has 1 aliphatic heterocycles. The largest absolute Gasteiger partial charge is 0.497 e. The van der Waals surface area contributed by atoms with Crippen LogP contribution in [0.25, 0.3) is 0 Å². The summed E-state index contributed by atoms with van der Waals surface area (Å²) in [6.07, 6.45) is 6.44. The summed E-state index contributed by atoms with van der Waals surface area (Å²) in [5.41, 5.74) is 1.28. The number of carbonyl (C=O) groups is 1. The minimum absolute atomic E-state index is 0.0341. The molecule has 0 bridgehead atoms. The van der Waals surface area contributed by atoms with Crippen LogP contribution in [0.2, 0.25) is 0 Å². The van der Waals surface area contributed by atoms with Gasteiger partial charge in [0.1, 0.15) is 17.3 Å². The van der Waals surface area contributed by atoms with Crippen molar-refractivity contribution in [1.29, 1.82) is 0 Å². The van der Waals surface area contributed by atoms with Gasteiger partial charge in [0.2, 0.25) is 0 Å². The molecular formula is C17H20N4O2. The SMILES string of the molecule is COc1ccc(Nc2cnc(C(=O)N3CCCCC3)cn2)cc1. The number of hydrogen-bond donors (Lipinski definition) is 1. The maximum atomic E-state index is 12.3. The van der Waals surface area contributed by atoms with Crippen molar-refractivity contribution in [2.75, 3.05) is 25.5 Å². The van der Waals surface area contributed by atoms with Gasteiger partial charge in [0, 0.05) is 18.8 Å². The van der Waals surface area contributed by atoms with E-state index in [1.165, 1.54) is 12.6 Å². The van der Waals surface area contributed by atoms with E-state index in [9.17, 15) is 4.79 Å².